The first-order valence-electron chi connectivity index (χ1n) is 12.0. The van der Waals surface area contributed by atoms with E-state index in [-0.39, 0.29) is 35.8 Å². The normalized spacial score (nSPS) is 26.0. The van der Waals surface area contributed by atoms with Crippen molar-refractivity contribution in [1.29, 1.82) is 0 Å². The first kappa shape index (κ1) is 22.7. The number of carbonyl (C=O) groups is 5. The Kier molecular flexibility index (Phi) is 6.18. The summed E-state index contributed by atoms with van der Waals surface area (Å²) in [6.07, 6.45) is 2.06. The SMILES string of the molecule is O=C1CCC(N2C(=O)c3ccc(CN4CCCC(C(=O)N5CCNCC5)C4)cc3C2=O)C(=O)N1. The van der Waals surface area contributed by atoms with Gasteiger partial charge in [0.2, 0.25) is 17.7 Å². The molecular formula is C24H29N5O5. The molecule has 0 saturated carbocycles. The number of piperazine rings is 1. The molecule has 180 valence electrons. The van der Waals surface area contributed by atoms with E-state index < -0.39 is 29.7 Å². The van der Waals surface area contributed by atoms with E-state index in [1.54, 1.807) is 12.1 Å². The van der Waals surface area contributed by atoms with Crippen LogP contribution in [0.25, 0.3) is 0 Å². The Bertz CT molecular complexity index is 1050. The van der Waals surface area contributed by atoms with Crippen LogP contribution in [0.5, 0.6) is 0 Å². The van der Waals surface area contributed by atoms with Crippen LogP contribution in [-0.4, -0.2) is 89.5 Å². The monoisotopic (exact) mass is 467 g/mol. The third-order valence-electron chi connectivity index (χ3n) is 7.19. The Balaban J connectivity index is 1.26. The molecule has 3 fully saturated rings. The number of amides is 5. The van der Waals surface area contributed by atoms with Crippen molar-refractivity contribution in [1.82, 2.24) is 25.3 Å². The Morgan fingerprint density at radius 3 is 2.50 bits per heavy atom. The van der Waals surface area contributed by atoms with Gasteiger partial charge in [-0.3, -0.25) is 39.1 Å². The number of nitrogens with one attached hydrogen (secondary N) is 2. The minimum atomic E-state index is -0.965. The summed E-state index contributed by atoms with van der Waals surface area (Å²) in [5, 5.41) is 5.48. The van der Waals surface area contributed by atoms with Crippen LogP contribution < -0.4 is 10.6 Å². The molecular weight excluding hydrogens is 438 g/mol. The topological polar surface area (TPSA) is 119 Å². The summed E-state index contributed by atoms with van der Waals surface area (Å²) in [5.41, 5.74) is 1.46. The second-order valence-electron chi connectivity index (χ2n) is 9.48. The summed E-state index contributed by atoms with van der Waals surface area (Å²) >= 11 is 0. The van der Waals surface area contributed by atoms with Gasteiger partial charge in [0.1, 0.15) is 6.04 Å². The van der Waals surface area contributed by atoms with Gasteiger partial charge in [-0.1, -0.05) is 6.07 Å². The zero-order chi connectivity index (χ0) is 23.8. The number of piperidine rings is 2. The number of fused-ring (bicyclic) bond motifs is 1. The molecule has 2 unspecified atom stereocenters. The van der Waals surface area contributed by atoms with E-state index in [9.17, 15) is 24.0 Å². The van der Waals surface area contributed by atoms with Crippen LogP contribution in [0.3, 0.4) is 0 Å². The van der Waals surface area contributed by atoms with Crippen molar-refractivity contribution in [3.63, 3.8) is 0 Å². The largest absolute Gasteiger partial charge is 0.340 e. The number of carbonyl (C=O) groups excluding carboxylic acids is 5. The molecule has 0 bridgehead atoms. The molecule has 2 N–H and O–H groups in total. The zero-order valence-electron chi connectivity index (χ0n) is 19.0. The maximum Gasteiger partial charge on any atom is 0.262 e. The summed E-state index contributed by atoms with van der Waals surface area (Å²) in [7, 11) is 0. The fourth-order valence-corrected chi connectivity index (χ4v) is 5.42. The standard InChI is InChI=1S/C24H29N5O5/c30-20-6-5-19(21(31)26-20)29-23(33)17-4-3-15(12-18(17)24(29)34)13-27-9-1-2-16(14-27)22(32)28-10-7-25-8-11-28/h3-4,12,16,19,25H,1-2,5-11,13-14H2,(H,26,30,31). The fourth-order valence-electron chi connectivity index (χ4n) is 5.42. The van der Waals surface area contributed by atoms with Crippen LogP contribution >= 0.6 is 0 Å². The molecule has 0 spiro atoms. The van der Waals surface area contributed by atoms with Crippen molar-refractivity contribution in [3.8, 4) is 0 Å². The quantitative estimate of drug-likeness (QED) is 0.585. The minimum Gasteiger partial charge on any atom is -0.340 e. The van der Waals surface area contributed by atoms with E-state index in [0.29, 0.717) is 13.1 Å². The highest BCUT2D eigenvalue weighted by atomic mass is 16.2. The second-order valence-corrected chi connectivity index (χ2v) is 9.48. The molecule has 1 aromatic carbocycles. The van der Waals surface area contributed by atoms with Crippen LogP contribution in [0.2, 0.25) is 0 Å². The van der Waals surface area contributed by atoms with Crippen molar-refractivity contribution < 1.29 is 24.0 Å². The van der Waals surface area contributed by atoms with Crippen molar-refractivity contribution in [2.75, 3.05) is 39.3 Å². The van der Waals surface area contributed by atoms with Gasteiger partial charge in [-0.25, -0.2) is 0 Å². The van der Waals surface area contributed by atoms with Crippen LogP contribution in [0.1, 0.15) is 52.0 Å². The van der Waals surface area contributed by atoms with Crippen molar-refractivity contribution >= 4 is 29.5 Å². The van der Waals surface area contributed by atoms with Gasteiger partial charge in [0.05, 0.1) is 17.0 Å². The molecule has 0 aliphatic carbocycles. The lowest BCUT2D eigenvalue weighted by Gasteiger charge is -2.36. The second kappa shape index (κ2) is 9.27. The summed E-state index contributed by atoms with van der Waals surface area (Å²) < 4.78 is 0. The average Bonchev–Trinajstić information content (AvgIpc) is 3.09. The van der Waals surface area contributed by atoms with Gasteiger partial charge in [0.15, 0.2) is 0 Å². The van der Waals surface area contributed by atoms with E-state index in [2.05, 4.69) is 15.5 Å². The Hall–Kier alpha value is -3.11. The average molecular weight is 468 g/mol. The number of hydrogen-bond acceptors (Lipinski definition) is 7. The van der Waals surface area contributed by atoms with Crippen LogP contribution in [0.4, 0.5) is 0 Å². The third-order valence-corrected chi connectivity index (χ3v) is 7.19. The van der Waals surface area contributed by atoms with Gasteiger partial charge < -0.3 is 10.2 Å². The predicted octanol–water partition coefficient (Wildman–Crippen LogP) is -0.268. The Morgan fingerprint density at radius 1 is 0.971 bits per heavy atom. The van der Waals surface area contributed by atoms with E-state index in [1.165, 1.54) is 0 Å². The van der Waals surface area contributed by atoms with Gasteiger partial charge in [-0.15, -0.1) is 0 Å². The van der Waals surface area contributed by atoms with Gasteiger partial charge in [-0.05, 0) is 43.5 Å². The Morgan fingerprint density at radius 2 is 1.74 bits per heavy atom. The first-order valence-corrected chi connectivity index (χ1v) is 12.0. The Labute approximate surface area is 197 Å². The van der Waals surface area contributed by atoms with Crippen LogP contribution in [0, 0.1) is 5.92 Å². The van der Waals surface area contributed by atoms with Gasteiger partial charge in [0, 0.05) is 45.7 Å². The summed E-state index contributed by atoms with van der Waals surface area (Å²) in [6, 6.07) is 4.24. The first-order chi connectivity index (χ1) is 16.4. The number of imide groups is 2. The lowest BCUT2D eigenvalue weighted by molar-refractivity contribution is -0.138. The molecule has 4 aliphatic rings. The van der Waals surface area contributed by atoms with E-state index in [0.717, 1.165) is 56.0 Å². The maximum absolute atomic E-state index is 13.1. The van der Waals surface area contributed by atoms with E-state index in [4.69, 9.17) is 0 Å². The highest BCUT2D eigenvalue weighted by Crippen LogP contribution is 2.29. The highest BCUT2D eigenvalue weighted by molar-refractivity contribution is 6.23. The fraction of sp³-hybridized carbons (Fsp3) is 0.542. The van der Waals surface area contributed by atoms with Crippen molar-refractivity contribution in [3.05, 3.63) is 34.9 Å². The minimum absolute atomic E-state index is 0.0208. The van der Waals surface area contributed by atoms with Gasteiger partial charge in [0.25, 0.3) is 11.8 Å². The highest BCUT2D eigenvalue weighted by Gasteiger charge is 2.44. The molecule has 0 aromatic heterocycles. The maximum atomic E-state index is 13.1. The zero-order valence-corrected chi connectivity index (χ0v) is 19.0. The number of hydrogen-bond donors (Lipinski definition) is 2. The third kappa shape index (κ3) is 4.23. The molecule has 10 nitrogen and oxygen atoms in total. The molecule has 0 radical (unpaired) electrons. The lowest BCUT2D eigenvalue weighted by Crippen LogP contribution is -2.54. The molecule has 34 heavy (non-hydrogen) atoms. The van der Waals surface area contributed by atoms with Gasteiger partial charge >= 0.3 is 0 Å². The molecule has 5 amide bonds. The number of benzene rings is 1. The summed E-state index contributed by atoms with van der Waals surface area (Å²) in [5.74, 6) is -1.80. The molecule has 4 heterocycles. The van der Waals surface area contributed by atoms with Gasteiger partial charge in [-0.2, -0.15) is 0 Å². The van der Waals surface area contributed by atoms with Crippen molar-refractivity contribution in [2.45, 2.75) is 38.3 Å². The number of nitrogens with zero attached hydrogens (tertiary/aromatic N) is 3. The lowest BCUT2D eigenvalue weighted by atomic mass is 9.95. The molecule has 10 heteroatoms. The molecule has 2 atom stereocenters. The number of likely N-dealkylation sites (tertiary alicyclic amines) is 1. The number of rotatable bonds is 4. The molecule has 4 aliphatic heterocycles. The molecule has 1 aromatic rings. The summed E-state index contributed by atoms with van der Waals surface area (Å²) in [4.78, 5) is 67.8. The molecule has 5 rings (SSSR count). The van der Waals surface area contributed by atoms with E-state index in [1.807, 2.05) is 11.0 Å². The van der Waals surface area contributed by atoms with Crippen LogP contribution in [-0.2, 0) is 20.9 Å². The van der Waals surface area contributed by atoms with E-state index >= 15 is 0 Å². The smallest absolute Gasteiger partial charge is 0.262 e. The molecule has 3 saturated heterocycles. The predicted molar refractivity (Wildman–Crippen MR) is 121 cm³/mol. The van der Waals surface area contributed by atoms with Crippen LogP contribution in [0.15, 0.2) is 18.2 Å². The summed E-state index contributed by atoms with van der Waals surface area (Å²) in [6.45, 7) is 5.30. The van der Waals surface area contributed by atoms with Crippen molar-refractivity contribution in [2.24, 2.45) is 5.92 Å².